The predicted octanol–water partition coefficient (Wildman–Crippen LogP) is 3.27. The Morgan fingerprint density at radius 3 is 2.59 bits per heavy atom. The van der Waals surface area contributed by atoms with Crippen LogP contribution in [0.5, 0.6) is 17.2 Å². The van der Waals surface area contributed by atoms with Gasteiger partial charge in [0.05, 0.1) is 6.54 Å². The van der Waals surface area contributed by atoms with Gasteiger partial charge < -0.3 is 24.8 Å². The number of benzene rings is 2. The Hall–Kier alpha value is -3.03. The standard InChI is InChI=1S/C19H21F2N3O3/c1-2-22-19(23-10-13-6-4-3-5-7-13)24-11-14-8-16-17(26-12-25-16)9-15(14)27-18(20)21/h3-9,18H,2,10-12H2,1H3,(H2,22,23,24). The maximum absolute atomic E-state index is 12.7. The lowest BCUT2D eigenvalue weighted by Gasteiger charge is -2.15. The summed E-state index contributed by atoms with van der Waals surface area (Å²) in [5, 5.41) is 6.26. The lowest BCUT2D eigenvalue weighted by atomic mass is 10.1. The molecule has 2 aromatic rings. The highest BCUT2D eigenvalue weighted by atomic mass is 19.3. The molecule has 0 fully saturated rings. The highest BCUT2D eigenvalue weighted by Crippen LogP contribution is 2.38. The quantitative estimate of drug-likeness (QED) is 0.573. The van der Waals surface area contributed by atoms with Crippen LogP contribution in [-0.4, -0.2) is 25.9 Å². The summed E-state index contributed by atoms with van der Waals surface area (Å²) in [6.45, 7) is 0.482. The highest BCUT2D eigenvalue weighted by molar-refractivity contribution is 5.79. The number of nitrogens with zero attached hydrogens (tertiary/aromatic N) is 1. The molecule has 8 heteroatoms. The Morgan fingerprint density at radius 1 is 1.15 bits per heavy atom. The summed E-state index contributed by atoms with van der Waals surface area (Å²) in [6.07, 6.45) is 0. The van der Waals surface area contributed by atoms with Gasteiger partial charge in [0.1, 0.15) is 5.75 Å². The number of halogens is 2. The predicted molar refractivity (Wildman–Crippen MR) is 97.3 cm³/mol. The molecule has 0 atom stereocenters. The van der Waals surface area contributed by atoms with Crippen LogP contribution in [0.25, 0.3) is 0 Å². The van der Waals surface area contributed by atoms with Crippen molar-refractivity contribution in [3.8, 4) is 17.2 Å². The topological polar surface area (TPSA) is 64.1 Å². The van der Waals surface area contributed by atoms with Gasteiger partial charge >= 0.3 is 6.61 Å². The minimum Gasteiger partial charge on any atom is -0.454 e. The van der Waals surface area contributed by atoms with E-state index in [0.29, 0.717) is 36.1 Å². The number of nitrogens with one attached hydrogen (secondary N) is 2. The van der Waals surface area contributed by atoms with Crippen LogP contribution in [0.1, 0.15) is 18.1 Å². The first-order valence-electron chi connectivity index (χ1n) is 8.59. The molecule has 27 heavy (non-hydrogen) atoms. The van der Waals surface area contributed by atoms with Gasteiger partial charge in [-0.15, -0.1) is 0 Å². The summed E-state index contributed by atoms with van der Waals surface area (Å²) in [5.41, 5.74) is 1.59. The molecule has 0 radical (unpaired) electrons. The minimum absolute atomic E-state index is 0.0423. The summed E-state index contributed by atoms with van der Waals surface area (Å²) in [7, 11) is 0. The molecule has 6 nitrogen and oxygen atoms in total. The van der Waals surface area contributed by atoms with Crippen molar-refractivity contribution in [2.24, 2.45) is 4.99 Å². The summed E-state index contributed by atoms with van der Waals surface area (Å²) >= 11 is 0. The molecule has 2 N–H and O–H groups in total. The summed E-state index contributed by atoms with van der Waals surface area (Å²) in [4.78, 5) is 4.51. The van der Waals surface area contributed by atoms with E-state index >= 15 is 0 Å². The van der Waals surface area contributed by atoms with Gasteiger partial charge in [-0.25, -0.2) is 4.99 Å². The van der Waals surface area contributed by atoms with Crippen LogP contribution in [0.4, 0.5) is 8.78 Å². The Kier molecular flexibility index (Phi) is 6.30. The van der Waals surface area contributed by atoms with Crippen LogP contribution in [0, 0.1) is 0 Å². The molecule has 0 aliphatic carbocycles. The average molecular weight is 377 g/mol. The van der Waals surface area contributed by atoms with Gasteiger partial charge in [0.15, 0.2) is 17.5 Å². The Bertz CT molecular complexity index is 785. The van der Waals surface area contributed by atoms with Crippen LogP contribution in [0.15, 0.2) is 47.5 Å². The van der Waals surface area contributed by atoms with E-state index in [0.717, 1.165) is 5.56 Å². The number of hydrogen-bond donors (Lipinski definition) is 2. The van der Waals surface area contributed by atoms with Crippen molar-refractivity contribution in [3.05, 3.63) is 53.6 Å². The van der Waals surface area contributed by atoms with Gasteiger partial charge in [-0.2, -0.15) is 8.78 Å². The second-order valence-electron chi connectivity index (χ2n) is 5.73. The van der Waals surface area contributed by atoms with E-state index in [2.05, 4.69) is 20.4 Å². The van der Waals surface area contributed by atoms with Gasteiger partial charge in [-0.1, -0.05) is 30.3 Å². The van der Waals surface area contributed by atoms with Crippen LogP contribution in [0.3, 0.4) is 0 Å². The molecule has 0 unspecified atom stereocenters. The molecule has 1 aliphatic heterocycles. The van der Waals surface area contributed by atoms with Crippen molar-refractivity contribution in [3.63, 3.8) is 0 Å². The molecule has 0 saturated carbocycles. The Balaban J connectivity index is 1.72. The van der Waals surface area contributed by atoms with E-state index in [9.17, 15) is 8.78 Å². The number of hydrogen-bond acceptors (Lipinski definition) is 4. The first kappa shape index (κ1) is 18.8. The largest absolute Gasteiger partial charge is 0.454 e. The van der Waals surface area contributed by atoms with Gasteiger partial charge in [-0.05, 0) is 18.6 Å². The van der Waals surface area contributed by atoms with Gasteiger partial charge in [0.25, 0.3) is 0 Å². The third-order valence-corrected chi connectivity index (χ3v) is 3.82. The zero-order valence-corrected chi connectivity index (χ0v) is 14.9. The van der Waals surface area contributed by atoms with Crippen molar-refractivity contribution in [2.75, 3.05) is 13.3 Å². The molecular formula is C19H21F2N3O3. The summed E-state index contributed by atoms with van der Waals surface area (Å²) in [6, 6.07) is 12.9. The number of fused-ring (bicyclic) bond motifs is 1. The van der Waals surface area contributed by atoms with Crippen LogP contribution in [-0.2, 0) is 13.1 Å². The van der Waals surface area contributed by atoms with Gasteiger partial charge in [-0.3, -0.25) is 0 Å². The maximum atomic E-state index is 12.7. The van der Waals surface area contributed by atoms with Crippen LogP contribution in [0.2, 0.25) is 0 Å². The zero-order chi connectivity index (χ0) is 19.1. The third-order valence-electron chi connectivity index (χ3n) is 3.82. The maximum Gasteiger partial charge on any atom is 0.387 e. The average Bonchev–Trinajstić information content (AvgIpc) is 3.11. The second-order valence-corrected chi connectivity index (χ2v) is 5.73. The van der Waals surface area contributed by atoms with Crippen LogP contribution < -0.4 is 24.8 Å². The van der Waals surface area contributed by atoms with Crippen molar-refractivity contribution in [1.82, 2.24) is 10.6 Å². The monoisotopic (exact) mass is 377 g/mol. The lowest BCUT2D eigenvalue weighted by molar-refractivity contribution is -0.0505. The van der Waals surface area contributed by atoms with Crippen molar-refractivity contribution < 1.29 is 23.0 Å². The number of guanidine groups is 1. The second kappa shape index (κ2) is 9.07. The van der Waals surface area contributed by atoms with Crippen molar-refractivity contribution in [1.29, 1.82) is 0 Å². The number of rotatable bonds is 7. The smallest absolute Gasteiger partial charge is 0.387 e. The van der Waals surface area contributed by atoms with E-state index in [-0.39, 0.29) is 19.1 Å². The summed E-state index contributed by atoms with van der Waals surface area (Å²) < 4.78 is 40.6. The van der Waals surface area contributed by atoms with E-state index < -0.39 is 6.61 Å². The molecule has 2 aromatic carbocycles. The summed E-state index contributed by atoms with van der Waals surface area (Å²) in [5.74, 6) is 1.50. The van der Waals surface area contributed by atoms with E-state index in [1.165, 1.54) is 6.07 Å². The van der Waals surface area contributed by atoms with Gasteiger partial charge in [0, 0.05) is 24.7 Å². The van der Waals surface area contributed by atoms with E-state index in [4.69, 9.17) is 9.47 Å². The first-order valence-corrected chi connectivity index (χ1v) is 8.59. The minimum atomic E-state index is -2.93. The SMILES string of the molecule is CCNC(=NCc1ccccc1)NCc1cc2c(cc1OC(F)F)OCO2. The van der Waals surface area contributed by atoms with Crippen molar-refractivity contribution in [2.45, 2.75) is 26.6 Å². The fourth-order valence-electron chi connectivity index (χ4n) is 2.58. The normalized spacial score (nSPS) is 13.0. The molecule has 1 heterocycles. The molecule has 1 aliphatic rings. The highest BCUT2D eigenvalue weighted by Gasteiger charge is 2.20. The number of aliphatic imine (C=N–C) groups is 1. The molecule has 0 saturated heterocycles. The molecule has 0 aromatic heterocycles. The molecular weight excluding hydrogens is 356 g/mol. The Labute approximate surface area is 156 Å². The van der Waals surface area contributed by atoms with E-state index in [1.807, 2.05) is 37.3 Å². The molecule has 3 rings (SSSR count). The molecule has 0 spiro atoms. The first-order chi connectivity index (χ1) is 13.2. The fourth-order valence-corrected chi connectivity index (χ4v) is 2.58. The lowest BCUT2D eigenvalue weighted by Crippen LogP contribution is -2.36. The van der Waals surface area contributed by atoms with E-state index in [1.54, 1.807) is 6.07 Å². The third kappa shape index (κ3) is 5.22. The van der Waals surface area contributed by atoms with Crippen molar-refractivity contribution >= 4 is 5.96 Å². The number of ether oxygens (including phenoxy) is 3. The number of alkyl halides is 2. The fraction of sp³-hybridized carbons (Fsp3) is 0.316. The Morgan fingerprint density at radius 2 is 1.89 bits per heavy atom. The zero-order valence-electron chi connectivity index (χ0n) is 14.9. The molecule has 0 amide bonds. The van der Waals surface area contributed by atoms with Gasteiger partial charge in [0.2, 0.25) is 6.79 Å². The van der Waals surface area contributed by atoms with Crippen LogP contribution >= 0.6 is 0 Å². The molecule has 0 bridgehead atoms. The molecule has 144 valence electrons.